The lowest BCUT2D eigenvalue weighted by atomic mass is 10.1. The van der Waals surface area contributed by atoms with Gasteiger partial charge in [0, 0.05) is 28.4 Å². The molecule has 0 saturated heterocycles. The number of amides is 1. The minimum atomic E-state index is -0.443. The molecule has 2 atom stereocenters. The molecule has 1 aliphatic rings. The fraction of sp³-hybridized carbons (Fsp3) is 0.533. The summed E-state index contributed by atoms with van der Waals surface area (Å²) in [5.41, 5.74) is 6.71. The molecule has 0 aliphatic heterocycles. The van der Waals surface area contributed by atoms with E-state index in [1.807, 2.05) is 6.07 Å². The predicted molar refractivity (Wildman–Crippen MR) is 86.4 cm³/mol. The van der Waals surface area contributed by atoms with Crippen LogP contribution in [0.4, 0.5) is 0 Å². The molecule has 1 aliphatic carbocycles. The van der Waals surface area contributed by atoms with Crippen molar-refractivity contribution in [2.24, 2.45) is 5.73 Å². The van der Waals surface area contributed by atoms with E-state index in [1.165, 1.54) is 25.0 Å². The quantitative estimate of drug-likeness (QED) is 0.848. The summed E-state index contributed by atoms with van der Waals surface area (Å²) in [6.45, 7) is 2.96. The summed E-state index contributed by atoms with van der Waals surface area (Å²) in [5, 5.41) is 4.96. The molecule has 0 aromatic heterocycles. The maximum Gasteiger partial charge on any atom is 0.248 e. The van der Waals surface area contributed by atoms with Crippen LogP contribution in [0.25, 0.3) is 0 Å². The fourth-order valence-corrected chi connectivity index (χ4v) is 4.00. The number of nitrogens with one attached hydrogen (secondary N) is 1. The molecule has 2 rings (SSSR count). The van der Waals surface area contributed by atoms with Gasteiger partial charge in [-0.25, -0.2) is 0 Å². The van der Waals surface area contributed by atoms with Crippen LogP contribution in [0.5, 0.6) is 0 Å². The first-order chi connectivity index (χ1) is 9.60. The zero-order chi connectivity index (χ0) is 14.5. The van der Waals surface area contributed by atoms with E-state index in [4.69, 9.17) is 17.3 Å². The van der Waals surface area contributed by atoms with Crippen molar-refractivity contribution in [2.45, 2.75) is 44.0 Å². The molecule has 20 heavy (non-hydrogen) atoms. The molecule has 3 N–H and O–H groups in total. The molecule has 1 amide bonds. The minimum absolute atomic E-state index is 0.443. The van der Waals surface area contributed by atoms with E-state index in [0.717, 1.165) is 17.4 Å². The molecule has 1 aromatic carbocycles. The molecule has 5 heteroatoms. The first kappa shape index (κ1) is 15.7. The SMILES string of the molecule is CCSC1CCC(NCc2ccc(C(N)=O)cc2Cl)C1. The third-order valence-corrected chi connectivity index (χ3v) is 5.29. The molecule has 1 fully saturated rings. The highest BCUT2D eigenvalue weighted by Gasteiger charge is 2.24. The maximum atomic E-state index is 11.1. The van der Waals surface area contributed by atoms with Crippen LogP contribution in [0, 0.1) is 0 Å². The lowest BCUT2D eigenvalue weighted by molar-refractivity contribution is 0.100. The Morgan fingerprint density at radius 1 is 1.50 bits per heavy atom. The van der Waals surface area contributed by atoms with E-state index in [2.05, 4.69) is 24.0 Å². The molecule has 3 nitrogen and oxygen atoms in total. The van der Waals surface area contributed by atoms with E-state index >= 15 is 0 Å². The fourth-order valence-electron chi connectivity index (χ4n) is 2.61. The topological polar surface area (TPSA) is 55.1 Å². The number of hydrogen-bond donors (Lipinski definition) is 2. The van der Waals surface area contributed by atoms with E-state index in [0.29, 0.717) is 16.6 Å². The number of primary amides is 1. The Hall–Kier alpha value is -0.710. The van der Waals surface area contributed by atoms with E-state index in [-0.39, 0.29) is 0 Å². The van der Waals surface area contributed by atoms with Crippen LogP contribution in [0.2, 0.25) is 5.02 Å². The van der Waals surface area contributed by atoms with Crippen LogP contribution < -0.4 is 11.1 Å². The van der Waals surface area contributed by atoms with Gasteiger partial charge in [0.2, 0.25) is 5.91 Å². The van der Waals surface area contributed by atoms with Gasteiger partial charge in [0.25, 0.3) is 0 Å². The summed E-state index contributed by atoms with van der Waals surface area (Å²) in [4.78, 5) is 11.1. The second kappa shape index (κ2) is 7.34. The largest absolute Gasteiger partial charge is 0.366 e. The number of thioether (sulfide) groups is 1. The smallest absolute Gasteiger partial charge is 0.248 e. The number of carbonyl (C=O) groups excluding carboxylic acids is 1. The first-order valence-corrected chi connectivity index (χ1v) is 8.46. The van der Waals surface area contributed by atoms with Gasteiger partial charge in [-0.05, 0) is 42.7 Å². The summed E-state index contributed by atoms with van der Waals surface area (Å²) < 4.78 is 0. The molecule has 1 aromatic rings. The van der Waals surface area contributed by atoms with Gasteiger partial charge >= 0.3 is 0 Å². The Morgan fingerprint density at radius 3 is 2.95 bits per heavy atom. The third kappa shape index (κ3) is 4.14. The van der Waals surface area contributed by atoms with Crippen molar-refractivity contribution in [3.63, 3.8) is 0 Å². The van der Waals surface area contributed by atoms with Gasteiger partial charge in [-0.2, -0.15) is 11.8 Å². The van der Waals surface area contributed by atoms with E-state index in [9.17, 15) is 4.79 Å². The Kier molecular flexibility index (Phi) is 5.75. The van der Waals surface area contributed by atoms with Gasteiger partial charge in [0.1, 0.15) is 0 Å². The summed E-state index contributed by atoms with van der Waals surface area (Å²) in [6, 6.07) is 5.83. The molecule has 0 heterocycles. The predicted octanol–water partition coefficient (Wildman–Crippen LogP) is 3.20. The molecule has 0 spiro atoms. The third-order valence-electron chi connectivity index (χ3n) is 3.71. The van der Waals surface area contributed by atoms with Gasteiger partial charge in [0.05, 0.1) is 0 Å². The van der Waals surface area contributed by atoms with Gasteiger partial charge in [0.15, 0.2) is 0 Å². The Labute approximate surface area is 129 Å². The Morgan fingerprint density at radius 2 is 2.30 bits per heavy atom. The van der Waals surface area contributed by atoms with Gasteiger partial charge < -0.3 is 11.1 Å². The summed E-state index contributed by atoms with van der Waals surface area (Å²) in [6.07, 6.45) is 3.76. The Bertz CT molecular complexity index is 481. The van der Waals surface area contributed by atoms with Crippen molar-refractivity contribution in [3.8, 4) is 0 Å². The first-order valence-electron chi connectivity index (χ1n) is 7.03. The van der Waals surface area contributed by atoms with Gasteiger partial charge in [-0.3, -0.25) is 4.79 Å². The van der Waals surface area contributed by atoms with Crippen molar-refractivity contribution < 1.29 is 4.79 Å². The maximum absolute atomic E-state index is 11.1. The lowest BCUT2D eigenvalue weighted by Gasteiger charge is -2.14. The van der Waals surface area contributed by atoms with Crippen LogP contribution in [-0.2, 0) is 6.54 Å². The van der Waals surface area contributed by atoms with Crippen molar-refractivity contribution >= 4 is 29.3 Å². The van der Waals surface area contributed by atoms with Crippen LogP contribution >= 0.6 is 23.4 Å². The van der Waals surface area contributed by atoms with Crippen molar-refractivity contribution in [3.05, 3.63) is 34.3 Å². The van der Waals surface area contributed by atoms with E-state index < -0.39 is 5.91 Å². The summed E-state index contributed by atoms with van der Waals surface area (Å²) in [7, 11) is 0. The van der Waals surface area contributed by atoms with Crippen molar-refractivity contribution in [1.29, 1.82) is 0 Å². The minimum Gasteiger partial charge on any atom is -0.366 e. The second-order valence-corrected chi connectivity index (χ2v) is 7.12. The number of rotatable bonds is 6. The molecule has 0 radical (unpaired) electrons. The lowest BCUT2D eigenvalue weighted by Crippen LogP contribution is -2.26. The second-order valence-electron chi connectivity index (χ2n) is 5.14. The number of halogens is 1. The summed E-state index contributed by atoms with van der Waals surface area (Å²) >= 11 is 8.24. The molecule has 1 saturated carbocycles. The molecular formula is C15H21ClN2OS. The highest BCUT2D eigenvalue weighted by atomic mass is 35.5. The highest BCUT2D eigenvalue weighted by Crippen LogP contribution is 2.30. The zero-order valence-electron chi connectivity index (χ0n) is 11.7. The number of nitrogens with two attached hydrogens (primary N) is 1. The van der Waals surface area contributed by atoms with Crippen LogP contribution in [0.3, 0.4) is 0 Å². The zero-order valence-corrected chi connectivity index (χ0v) is 13.3. The van der Waals surface area contributed by atoms with Crippen LogP contribution in [0.1, 0.15) is 42.1 Å². The average molecular weight is 313 g/mol. The van der Waals surface area contributed by atoms with Gasteiger partial charge in [-0.15, -0.1) is 0 Å². The van der Waals surface area contributed by atoms with Crippen LogP contribution in [0.15, 0.2) is 18.2 Å². The molecular weight excluding hydrogens is 292 g/mol. The van der Waals surface area contributed by atoms with Crippen molar-refractivity contribution in [1.82, 2.24) is 5.32 Å². The monoisotopic (exact) mass is 312 g/mol. The average Bonchev–Trinajstić information content (AvgIpc) is 2.85. The van der Waals surface area contributed by atoms with Gasteiger partial charge in [-0.1, -0.05) is 24.6 Å². The van der Waals surface area contributed by atoms with E-state index in [1.54, 1.807) is 12.1 Å². The summed E-state index contributed by atoms with van der Waals surface area (Å²) in [5.74, 6) is 0.749. The molecule has 110 valence electrons. The normalized spacial score (nSPS) is 22.1. The molecule has 0 bridgehead atoms. The highest BCUT2D eigenvalue weighted by molar-refractivity contribution is 7.99. The Balaban J connectivity index is 1.87. The number of hydrogen-bond acceptors (Lipinski definition) is 3. The standard InChI is InChI=1S/C15H21ClN2OS/c1-2-20-13-6-5-12(8-13)18-9-11-4-3-10(15(17)19)7-14(11)16/h3-4,7,12-13,18H,2,5-6,8-9H2,1H3,(H2,17,19). The molecule has 2 unspecified atom stereocenters. The number of carbonyl (C=O) groups is 1. The van der Waals surface area contributed by atoms with Crippen LogP contribution in [-0.4, -0.2) is 23.0 Å². The van der Waals surface area contributed by atoms with Crippen molar-refractivity contribution in [2.75, 3.05) is 5.75 Å². The number of benzene rings is 1.